The van der Waals surface area contributed by atoms with Crippen LogP contribution < -0.4 is 4.72 Å². The quantitative estimate of drug-likeness (QED) is 0.374. The zero-order valence-corrected chi connectivity index (χ0v) is 22.5. The summed E-state index contributed by atoms with van der Waals surface area (Å²) in [4.78, 5) is 13.0. The van der Waals surface area contributed by atoms with E-state index in [4.69, 9.17) is 23.7 Å². The number of unbranched alkanes of at least 4 members (excludes halogenated alkanes) is 1. The van der Waals surface area contributed by atoms with Crippen LogP contribution in [0.3, 0.4) is 0 Å². The van der Waals surface area contributed by atoms with E-state index >= 15 is 0 Å². The number of hydrogen-bond acceptors (Lipinski definition) is 8. The lowest BCUT2D eigenvalue weighted by Gasteiger charge is -2.25. The summed E-state index contributed by atoms with van der Waals surface area (Å²) in [6.45, 7) is 10.9. The zero-order chi connectivity index (χ0) is 26.0. The summed E-state index contributed by atoms with van der Waals surface area (Å²) < 4.78 is 57.2. The normalized spacial score (nSPS) is 26.9. The Balaban J connectivity index is 1.61. The van der Waals surface area contributed by atoms with Crippen molar-refractivity contribution in [3.05, 3.63) is 29.8 Å². The third-order valence-electron chi connectivity index (χ3n) is 5.89. The van der Waals surface area contributed by atoms with Crippen molar-refractivity contribution in [2.24, 2.45) is 0 Å². The van der Waals surface area contributed by atoms with E-state index in [1.54, 1.807) is 40.0 Å². The predicted octanol–water partition coefficient (Wildman–Crippen LogP) is 3.44. The average molecular weight is 514 g/mol. The van der Waals surface area contributed by atoms with Gasteiger partial charge in [0.2, 0.25) is 10.0 Å². The van der Waals surface area contributed by atoms with Gasteiger partial charge < -0.3 is 23.7 Å². The number of aryl methyl sites for hydroxylation is 1. The van der Waals surface area contributed by atoms with Crippen molar-refractivity contribution in [2.45, 2.75) is 114 Å². The van der Waals surface area contributed by atoms with Crippen molar-refractivity contribution in [2.75, 3.05) is 7.11 Å². The summed E-state index contributed by atoms with van der Waals surface area (Å²) in [6, 6.07) is 5.48. The second kappa shape index (κ2) is 10.8. The molecule has 0 aromatic heterocycles. The molecule has 1 N–H and O–H groups in total. The molecular formula is C25H39NO8S. The molecule has 10 heteroatoms. The van der Waals surface area contributed by atoms with Crippen LogP contribution >= 0.6 is 0 Å². The first kappa shape index (κ1) is 28.0. The van der Waals surface area contributed by atoms with Gasteiger partial charge in [-0.2, -0.15) is 4.72 Å². The molecule has 2 saturated heterocycles. The summed E-state index contributed by atoms with van der Waals surface area (Å²) in [5, 5.41) is 0. The number of nitrogens with one attached hydrogen (secondary N) is 1. The molecular weight excluding hydrogens is 474 g/mol. The molecule has 2 aliphatic heterocycles. The lowest BCUT2D eigenvalue weighted by molar-refractivity contribution is -0.227. The first-order valence-corrected chi connectivity index (χ1v) is 13.5. The van der Waals surface area contributed by atoms with E-state index in [9.17, 15) is 13.2 Å². The Morgan fingerprint density at radius 2 is 1.74 bits per heavy atom. The summed E-state index contributed by atoms with van der Waals surface area (Å²) in [5.74, 6) is -1.30. The Bertz CT molecular complexity index is 970. The van der Waals surface area contributed by atoms with Crippen LogP contribution in [0.2, 0.25) is 0 Å². The van der Waals surface area contributed by atoms with Crippen LogP contribution in [0.25, 0.3) is 0 Å². The highest BCUT2D eigenvalue weighted by Crippen LogP contribution is 2.40. The maximum Gasteiger partial charge on any atom is 0.324 e. The molecule has 5 atom stereocenters. The van der Waals surface area contributed by atoms with Crippen molar-refractivity contribution in [3.63, 3.8) is 0 Å². The Morgan fingerprint density at radius 3 is 2.34 bits per heavy atom. The van der Waals surface area contributed by atoms with E-state index in [1.165, 1.54) is 12.1 Å². The molecule has 0 unspecified atom stereocenters. The van der Waals surface area contributed by atoms with Crippen LogP contribution in [0.4, 0.5) is 0 Å². The first-order chi connectivity index (χ1) is 16.2. The van der Waals surface area contributed by atoms with Gasteiger partial charge in [-0.15, -0.1) is 0 Å². The fraction of sp³-hybridized carbons (Fsp3) is 0.720. The number of hydrogen-bond donors (Lipinski definition) is 1. The fourth-order valence-corrected chi connectivity index (χ4v) is 5.55. The number of esters is 1. The van der Waals surface area contributed by atoms with Crippen molar-refractivity contribution in [1.82, 2.24) is 4.72 Å². The number of ether oxygens (including phenoxy) is 5. The van der Waals surface area contributed by atoms with Gasteiger partial charge >= 0.3 is 5.97 Å². The summed E-state index contributed by atoms with van der Waals surface area (Å²) in [6.07, 6.45) is 0.981. The molecule has 0 spiro atoms. The Hall–Kier alpha value is -1.56. The minimum Gasteiger partial charge on any atom is -0.459 e. The summed E-state index contributed by atoms with van der Waals surface area (Å²) in [5.41, 5.74) is 0.207. The third-order valence-corrected chi connectivity index (χ3v) is 7.38. The topological polar surface area (TPSA) is 109 Å². The van der Waals surface area contributed by atoms with Crippen molar-refractivity contribution in [3.8, 4) is 0 Å². The van der Waals surface area contributed by atoms with E-state index in [0.717, 1.165) is 5.56 Å². The number of methoxy groups -OCH3 is 1. The van der Waals surface area contributed by atoms with Gasteiger partial charge in [-0.1, -0.05) is 30.5 Å². The average Bonchev–Trinajstić information content (AvgIpc) is 3.22. The number of carbonyl (C=O) groups is 1. The van der Waals surface area contributed by atoms with Crippen LogP contribution in [0.15, 0.2) is 29.2 Å². The SMILES string of the molecule is CO[C@@H]1O[C@H](CCCC[C@H](NS(=O)(=O)c2ccc(C)cc2)C(=O)OC(C)(C)C)[C@H]2OC(C)(C)O[C@@H]12. The Morgan fingerprint density at radius 1 is 1.11 bits per heavy atom. The van der Waals surface area contributed by atoms with Gasteiger partial charge in [-0.25, -0.2) is 8.42 Å². The number of fused-ring (bicyclic) bond motifs is 1. The van der Waals surface area contributed by atoms with E-state index in [1.807, 2.05) is 20.8 Å². The molecule has 0 amide bonds. The molecule has 0 radical (unpaired) electrons. The molecule has 9 nitrogen and oxygen atoms in total. The minimum absolute atomic E-state index is 0.105. The van der Waals surface area contributed by atoms with Gasteiger partial charge in [-0.05, 0) is 66.5 Å². The largest absolute Gasteiger partial charge is 0.459 e. The maximum atomic E-state index is 12.9. The highest BCUT2D eigenvalue weighted by Gasteiger charge is 2.55. The molecule has 3 rings (SSSR count). The lowest BCUT2D eigenvalue weighted by Crippen LogP contribution is -2.44. The fourth-order valence-electron chi connectivity index (χ4n) is 4.33. The first-order valence-electron chi connectivity index (χ1n) is 12.1. The van der Waals surface area contributed by atoms with Crippen molar-refractivity contribution < 1.29 is 36.9 Å². The van der Waals surface area contributed by atoms with Gasteiger partial charge in [0.1, 0.15) is 23.9 Å². The standard InChI is InChI=1S/C25H39NO8S/c1-16-12-14-17(15-13-16)35(28,29)26-18(22(27)34-24(2,3)4)10-8-9-11-19-20-21(23(30-7)31-19)33-25(5,6)32-20/h12-15,18-21,23,26H,8-11H2,1-7H3/t18-,19+,20+,21+,23+/m0/s1. The van der Waals surface area contributed by atoms with Crippen LogP contribution in [0.1, 0.15) is 65.9 Å². The van der Waals surface area contributed by atoms with Crippen molar-refractivity contribution in [1.29, 1.82) is 0 Å². The summed E-state index contributed by atoms with van der Waals surface area (Å²) >= 11 is 0. The van der Waals surface area contributed by atoms with Gasteiger partial charge in [0.05, 0.1) is 11.0 Å². The highest BCUT2D eigenvalue weighted by molar-refractivity contribution is 7.89. The Kier molecular flexibility index (Phi) is 8.66. The monoisotopic (exact) mass is 513 g/mol. The molecule has 0 bridgehead atoms. The highest BCUT2D eigenvalue weighted by atomic mass is 32.2. The molecule has 1 aromatic rings. The second-order valence-electron chi connectivity index (χ2n) is 10.6. The number of carbonyl (C=O) groups excluding carboxylic acids is 1. The van der Waals surface area contributed by atoms with Gasteiger partial charge in [0.25, 0.3) is 0 Å². The van der Waals surface area contributed by atoms with E-state index in [2.05, 4.69) is 4.72 Å². The predicted molar refractivity (Wildman–Crippen MR) is 129 cm³/mol. The van der Waals surface area contributed by atoms with Crippen molar-refractivity contribution >= 4 is 16.0 Å². The molecule has 0 saturated carbocycles. The Labute approximate surface area is 208 Å². The summed E-state index contributed by atoms with van der Waals surface area (Å²) in [7, 11) is -2.32. The van der Waals surface area contributed by atoms with Gasteiger partial charge in [0, 0.05) is 7.11 Å². The lowest BCUT2D eigenvalue weighted by atomic mass is 10.0. The van der Waals surface area contributed by atoms with Crippen LogP contribution in [0.5, 0.6) is 0 Å². The van der Waals surface area contributed by atoms with E-state index in [0.29, 0.717) is 19.3 Å². The van der Waals surface area contributed by atoms with Crippen LogP contribution in [0, 0.1) is 6.92 Å². The molecule has 198 valence electrons. The molecule has 0 aliphatic carbocycles. The van der Waals surface area contributed by atoms with E-state index < -0.39 is 39.7 Å². The number of rotatable bonds is 10. The number of sulfonamides is 1. The van der Waals surface area contributed by atoms with Gasteiger partial charge in [-0.3, -0.25) is 4.79 Å². The number of benzene rings is 1. The van der Waals surface area contributed by atoms with E-state index in [-0.39, 0.29) is 29.6 Å². The second-order valence-corrected chi connectivity index (χ2v) is 12.4. The molecule has 2 heterocycles. The molecule has 2 fully saturated rings. The smallest absolute Gasteiger partial charge is 0.324 e. The van der Waals surface area contributed by atoms with Gasteiger partial charge in [0.15, 0.2) is 12.1 Å². The maximum absolute atomic E-state index is 12.9. The zero-order valence-electron chi connectivity index (χ0n) is 21.7. The third kappa shape index (κ3) is 7.47. The van der Waals surface area contributed by atoms with Crippen LogP contribution in [-0.4, -0.2) is 63.5 Å². The van der Waals surface area contributed by atoms with Crippen LogP contribution in [-0.2, 0) is 38.5 Å². The molecule has 2 aliphatic rings. The molecule has 1 aromatic carbocycles. The molecule has 35 heavy (non-hydrogen) atoms. The minimum atomic E-state index is -3.89.